The monoisotopic (exact) mass is 589 g/mol. The number of aliphatic hydroxyl groups excluding tert-OH is 1. The number of anilines is 1. The van der Waals surface area contributed by atoms with Crippen LogP contribution in [0.15, 0.2) is 48.5 Å². The Bertz CT molecular complexity index is 1220. The van der Waals surface area contributed by atoms with Crippen molar-refractivity contribution in [2.24, 2.45) is 5.92 Å². The van der Waals surface area contributed by atoms with Crippen molar-refractivity contribution < 1.29 is 37.3 Å². The predicted molar refractivity (Wildman–Crippen MR) is 149 cm³/mol. The molecule has 0 radical (unpaired) electrons. The molecule has 11 heteroatoms. The molecule has 3 aliphatic heterocycles. The van der Waals surface area contributed by atoms with Gasteiger partial charge in [-0.15, -0.1) is 0 Å². The first kappa shape index (κ1) is 30.5. The van der Waals surface area contributed by atoms with Crippen molar-refractivity contribution in [1.82, 2.24) is 9.80 Å². The molecular weight excluding hydrogens is 551 g/mol. The molecule has 0 saturated carbocycles. The van der Waals surface area contributed by atoms with Crippen LogP contribution in [0.4, 0.5) is 18.9 Å². The number of rotatable bonds is 7. The van der Waals surface area contributed by atoms with Crippen LogP contribution in [0.3, 0.4) is 0 Å². The van der Waals surface area contributed by atoms with Gasteiger partial charge in [-0.1, -0.05) is 49.7 Å². The minimum Gasteiger partial charge on any atom is -0.392 e. The van der Waals surface area contributed by atoms with Crippen LogP contribution in [0.1, 0.15) is 68.1 Å². The second-order valence-electron chi connectivity index (χ2n) is 11.4. The Morgan fingerprint density at radius 1 is 0.929 bits per heavy atom. The van der Waals surface area contributed by atoms with Crippen molar-refractivity contribution >= 4 is 17.5 Å². The summed E-state index contributed by atoms with van der Waals surface area (Å²) in [4.78, 5) is 27.6. The van der Waals surface area contributed by atoms with Crippen molar-refractivity contribution in [2.75, 3.05) is 31.5 Å². The third-order valence-electron chi connectivity index (χ3n) is 8.52. The maximum atomic E-state index is 13.0. The van der Waals surface area contributed by atoms with E-state index in [2.05, 4.69) is 17.1 Å². The summed E-state index contributed by atoms with van der Waals surface area (Å²) < 4.78 is 52.0. The van der Waals surface area contributed by atoms with E-state index in [1.54, 1.807) is 24.3 Å². The van der Waals surface area contributed by atoms with Gasteiger partial charge in [0.15, 0.2) is 6.29 Å². The lowest BCUT2D eigenvalue weighted by atomic mass is 9.89. The van der Waals surface area contributed by atoms with E-state index in [0.29, 0.717) is 17.0 Å². The van der Waals surface area contributed by atoms with E-state index in [9.17, 15) is 27.9 Å². The lowest BCUT2D eigenvalue weighted by molar-refractivity contribution is -0.276. The number of likely N-dealkylation sites (tertiary alicyclic amines) is 2. The van der Waals surface area contributed by atoms with Gasteiger partial charge in [0.2, 0.25) is 5.91 Å². The Balaban J connectivity index is 1.30. The maximum Gasteiger partial charge on any atom is 0.471 e. The van der Waals surface area contributed by atoms with Crippen LogP contribution in [0.25, 0.3) is 0 Å². The standard InChI is InChI=1S/C31H38F3N3O5/c1-20-26(18-36-15-3-2-4-16-36)41-29(42-27(20)22-9-7-21(19-38)8-10-22)23-11-13-24(14-12-23)35-28(39)25-6-5-17-37(25)30(40)31(32,33)34/h7-14,20,25-27,29,38H,2-6,15-19H2,1H3,(H,35,39). The molecule has 2 N–H and O–H groups in total. The highest BCUT2D eigenvalue weighted by Gasteiger charge is 2.47. The van der Waals surface area contributed by atoms with Gasteiger partial charge in [0, 0.05) is 30.3 Å². The fourth-order valence-electron chi connectivity index (χ4n) is 6.12. The number of amides is 2. The molecule has 3 heterocycles. The first-order chi connectivity index (χ1) is 20.1. The van der Waals surface area contributed by atoms with Crippen LogP contribution >= 0.6 is 0 Å². The number of alkyl halides is 3. The quantitative estimate of drug-likeness (QED) is 0.475. The van der Waals surface area contributed by atoms with Crippen LogP contribution in [0, 0.1) is 5.92 Å². The molecule has 3 aliphatic rings. The minimum atomic E-state index is -5.02. The van der Waals surface area contributed by atoms with Crippen LogP contribution in [-0.2, 0) is 25.7 Å². The summed E-state index contributed by atoms with van der Waals surface area (Å²) in [6.07, 6.45) is -1.95. The first-order valence-corrected chi connectivity index (χ1v) is 14.7. The summed E-state index contributed by atoms with van der Waals surface area (Å²) >= 11 is 0. The summed E-state index contributed by atoms with van der Waals surface area (Å²) in [6.45, 7) is 4.85. The van der Waals surface area contributed by atoms with Gasteiger partial charge in [-0.3, -0.25) is 9.59 Å². The van der Waals surface area contributed by atoms with E-state index in [1.165, 1.54) is 19.3 Å². The number of halogens is 3. The molecule has 42 heavy (non-hydrogen) atoms. The number of nitrogens with zero attached hydrogens (tertiary/aromatic N) is 2. The average molecular weight is 590 g/mol. The highest BCUT2D eigenvalue weighted by molar-refractivity contribution is 5.98. The Morgan fingerprint density at radius 3 is 2.24 bits per heavy atom. The van der Waals surface area contributed by atoms with Crippen LogP contribution in [0.2, 0.25) is 0 Å². The zero-order valence-corrected chi connectivity index (χ0v) is 23.7. The van der Waals surface area contributed by atoms with Crippen LogP contribution in [0.5, 0.6) is 0 Å². The minimum absolute atomic E-state index is 0.0367. The van der Waals surface area contributed by atoms with Gasteiger partial charge in [0.1, 0.15) is 6.04 Å². The van der Waals surface area contributed by atoms with Gasteiger partial charge in [-0.05, 0) is 62.0 Å². The van der Waals surface area contributed by atoms with Gasteiger partial charge in [-0.25, -0.2) is 0 Å². The number of nitrogens with one attached hydrogen (secondary N) is 1. The summed E-state index contributed by atoms with van der Waals surface area (Å²) in [5.41, 5.74) is 2.96. The third kappa shape index (κ3) is 6.96. The van der Waals surface area contributed by atoms with E-state index in [4.69, 9.17) is 9.47 Å². The highest BCUT2D eigenvalue weighted by Crippen LogP contribution is 2.42. The Kier molecular flexibility index (Phi) is 9.51. The number of aliphatic hydroxyl groups is 1. The lowest BCUT2D eigenvalue weighted by Crippen LogP contribution is -2.48. The zero-order valence-electron chi connectivity index (χ0n) is 23.7. The molecule has 0 bridgehead atoms. The predicted octanol–water partition coefficient (Wildman–Crippen LogP) is 4.95. The molecule has 3 fully saturated rings. The molecule has 0 aliphatic carbocycles. The fraction of sp³-hybridized carbons (Fsp3) is 0.548. The molecule has 5 rings (SSSR count). The molecule has 228 valence electrons. The number of benzene rings is 2. The van der Waals surface area contributed by atoms with Gasteiger partial charge >= 0.3 is 12.1 Å². The Morgan fingerprint density at radius 2 is 1.60 bits per heavy atom. The molecule has 2 amide bonds. The van der Waals surface area contributed by atoms with Gasteiger partial charge < -0.3 is 29.7 Å². The number of piperidine rings is 1. The lowest BCUT2D eigenvalue weighted by Gasteiger charge is -2.43. The average Bonchev–Trinajstić information content (AvgIpc) is 3.48. The van der Waals surface area contributed by atoms with E-state index in [0.717, 1.165) is 36.3 Å². The fourth-order valence-corrected chi connectivity index (χ4v) is 6.12. The van der Waals surface area contributed by atoms with E-state index in [-0.39, 0.29) is 37.7 Å². The third-order valence-corrected chi connectivity index (χ3v) is 8.52. The molecule has 5 atom stereocenters. The largest absolute Gasteiger partial charge is 0.471 e. The molecular formula is C31H38F3N3O5. The van der Waals surface area contributed by atoms with E-state index in [1.807, 2.05) is 24.3 Å². The van der Waals surface area contributed by atoms with Crippen LogP contribution < -0.4 is 5.32 Å². The van der Waals surface area contributed by atoms with Gasteiger partial charge in [0.25, 0.3) is 0 Å². The van der Waals surface area contributed by atoms with Crippen molar-refractivity contribution in [2.45, 2.75) is 76.4 Å². The molecule has 2 aromatic carbocycles. The number of carbonyl (C=O) groups excluding carboxylic acids is 2. The second-order valence-corrected chi connectivity index (χ2v) is 11.4. The van der Waals surface area contributed by atoms with E-state index < -0.39 is 30.3 Å². The second kappa shape index (κ2) is 13.1. The smallest absolute Gasteiger partial charge is 0.392 e. The summed E-state index contributed by atoms with van der Waals surface area (Å²) in [5, 5.41) is 12.1. The number of hydrogen-bond acceptors (Lipinski definition) is 6. The van der Waals surface area contributed by atoms with Gasteiger partial charge in [-0.2, -0.15) is 13.2 Å². The van der Waals surface area contributed by atoms with E-state index >= 15 is 0 Å². The first-order valence-electron chi connectivity index (χ1n) is 14.7. The zero-order chi connectivity index (χ0) is 29.9. The van der Waals surface area contributed by atoms with Crippen molar-refractivity contribution in [1.29, 1.82) is 0 Å². The van der Waals surface area contributed by atoms with Crippen molar-refractivity contribution in [3.8, 4) is 0 Å². The molecule has 2 aromatic rings. The SMILES string of the molecule is CC1C(CN2CCCCC2)OC(c2ccc(NC(=O)C3CCCN3C(=O)C(F)(F)F)cc2)OC1c1ccc(CO)cc1. The van der Waals surface area contributed by atoms with Crippen molar-refractivity contribution in [3.63, 3.8) is 0 Å². The van der Waals surface area contributed by atoms with Crippen molar-refractivity contribution in [3.05, 3.63) is 65.2 Å². The maximum absolute atomic E-state index is 13.0. The van der Waals surface area contributed by atoms with Crippen LogP contribution in [-0.4, -0.2) is 71.2 Å². The Labute approximate surface area is 243 Å². The topological polar surface area (TPSA) is 91.3 Å². The summed E-state index contributed by atoms with van der Waals surface area (Å²) in [6, 6.07) is 13.4. The number of carbonyl (C=O) groups is 2. The molecule has 8 nitrogen and oxygen atoms in total. The molecule has 5 unspecified atom stereocenters. The molecule has 0 aromatic heterocycles. The summed E-state index contributed by atoms with van der Waals surface area (Å²) in [7, 11) is 0. The highest BCUT2D eigenvalue weighted by atomic mass is 19.4. The number of hydrogen-bond donors (Lipinski definition) is 2. The Hall–Kier alpha value is -2.99. The normalized spacial score (nSPS) is 27.2. The molecule has 0 spiro atoms. The van der Waals surface area contributed by atoms with Gasteiger partial charge in [0.05, 0.1) is 18.8 Å². The number of ether oxygens (including phenoxy) is 2. The summed E-state index contributed by atoms with van der Waals surface area (Å²) in [5.74, 6) is -2.57. The molecule has 3 saturated heterocycles.